The summed E-state index contributed by atoms with van der Waals surface area (Å²) in [7, 11) is 3.24. The van der Waals surface area contributed by atoms with Crippen molar-refractivity contribution in [3.63, 3.8) is 0 Å². The van der Waals surface area contributed by atoms with Crippen LogP contribution >= 0.6 is 11.3 Å². The van der Waals surface area contributed by atoms with E-state index in [0.717, 1.165) is 30.0 Å². The van der Waals surface area contributed by atoms with Gasteiger partial charge in [0.2, 0.25) is 0 Å². The largest absolute Gasteiger partial charge is 0.495 e. The quantitative estimate of drug-likeness (QED) is 0.512. The van der Waals surface area contributed by atoms with E-state index < -0.39 is 0 Å². The molecule has 3 aromatic rings. The number of benzene rings is 1. The van der Waals surface area contributed by atoms with Crippen molar-refractivity contribution in [2.45, 2.75) is 20.4 Å². The highest BCUT2D eigenvalue weighted by Crippen LogP contribution is 2.40. The van der Waals surface area contributed by atoms with Gasteiger partial charge in [0.25, 0.3) is 5.91 Å². The van der Waals surface area contributed by atoms with Gasteiger partial charge in [-0.2, -0.15) is 5.10 Å². The number of amides is 1. The highest BCUT2D eigenvalue weighted by Gasteiger charge is 2.27. The SMILES string of the molecule is CCn1nc(C)cc1C(=O)N(CCN1CCOCC1)c1nc2c(OC)ccc(OC)c2s1. The van der Waals surface area contributed by atoms with E-state index in [1.165, 1.54) is 11.3 Å². The van der Waals surface area contributed by atoms with Crippen molar-refractivity contribution in [2.24, 2.45) is 0 Å². The van der Waals surface area contributed by atoms with Gasteiger partial charge in [0.05, 0.1) is 33.1 Å². The zero-order chi connectivity index (χ0) is 22.7. The van der Waals surface area contributed by atoms with E-state index in [2.05, 4.69) is 10.00 Å². The van der Waals surface area contributed by atoms with Gasteiger partial charge in [-0.25, -0.2) is 4.98 Å². The summed E-state index contributed by atoms with van der Waals surface area (Å²) >= 11 is 1.43. The molecule has 1 aliphatic rings. The van der Waals surface area contributed by atoms with Crippen LogP contribution in [0.4, 0.5) is 5.13 Å². The van der Waals surface area contributed by atoms with Gasteiger partial charge in [0.15, 0.2) is 5.13 Å². The van der Waals surface area contributed by atoms with Crippen LogP contribution in [-0.2, 0) is 11.3 Å². The predicted octanol–water partition coefficient (Wildman–Crippen LogP) is 2.82. The summed E-state index contributed by atoms with van der Waals surface area (Å²) < 4.78 is 19.1. The highest BCUT2D eigenvalue weighted by molar-refractivity contribution is 7.22. The molecular weight excluding hydrogens is 430 g/mol. The number of carbonyl (C=O) groups excluding carboxylic acids is 1. The molecule has 0 unspecified atom stereocenters. The number of hydrogen-bond acceptors (Lipinski definition) is 8. The lowest BCUT2D eigenvalue weighted by molar-refractivity contribution is 0.0391. The van der Waals surface area contributed by atoms with E-state index in [-0.39, 0.29) is 5.91 Å². The normalized spacial score (nSPS) is 14.6. The van der Waals surface area contributed by atoms with Crippen molar-refractivity contribution in [3.05, 3.63) is 29.6 Å². The second kappa shape index (κ2) is 9.85. The fraction of sp³-hybridized carbons (Fsp3) is 0.500. The lowest BCUT2D eigenvalue weighted by Crippen LogP contribution is -2.43. The molecule has 1 saturated heterocycles. The zero-order valence-corrected chi connectivity index (χ0v) is 19.8. The van der Waals surface area contributed by atoms with E-state index >= 15 is 0 Å². The molecule has 1 aliphatic heterocycles. The third kappa shape index (κ3) is 4.43. The van der Waals surface area contributed by atoms with Crippen LogP contribution in [0.5, 0.6) is 11.5 Å². The molecule has 2 aromatic heterocycles. The van der Waals surface area contributed by atoms with Crippen LogP contribution in [0.2, 0.25) is 0 Å². The Balaban J connectivity index is 1.73. The van der Waals surface area contributed by atoms with Crippen LogP contribution in [0.1, 0.15) is 23.1 Å². The van der Waals surface area contributed by atoms with Gasteiger partial charge in [-0.1, -0.05) is 11.3 Å². The highest BCUT2D eigenvalue weighted by atomic mass is 32.1. The Morgan fingerprint density at radius 2 is 1.94 bits per heavy atom. The van der Waals surface area contributed by atoms with Gasteiger partial charge in [-0.3, -0.25) is 19.3 Å². The molecule has 9 nitrogen and oxygen atoms in total. The first-order valence-corrected chi connectivity index (χ1v) is 11.5. The maximum absolute atomic E-state index is 13.7. The summed E-state index contributed by atoms with van der Waals surface area (Å²) in [6.45, 7) is 8.88. The Morgan fingerprint density at radius 3 is 2.62 bits per heavy atom. The second-order valence-electron chi connectivity index (χ2n) is 7.54. The molecule has 1 fully saturated rings. The number of aryl methyl sites for hydroxylation is 2. The number of hydrogen-bond donors (Lipinski definition) is 0. The van der Waals surface area contributed by atoms with Crippen LogP contribution in [0.3, 0.4) is 0 Å². The standard InChI is InChI=1S/C22H29N5O4S/c1-5-27-16(14-15(2)24-27)21(28)26(9-8-25-10-12-31-13-11-25)22-23-19-17(29-3)6-7-18(30-4)20(19)32-22/h6-7,14H,5,8-13H2,1-4H3. The predicted molar refractivity (Wildman–Crippen MR) is 124 cm³/mol. The van der Waals surface area contributed by atoms with E-state index in [1.54, 1.807) is 23.8 Å². The molecule has 0 spiro atoms. The van der Waals surface area contributed by atoms with Crippen LogP contribution in [0.25, 0.3) is 10.2 Å². The molecule has 0 atom stereocenters. The summed E-state index contributed by atoms with van der Waals surface area (Å²) in [5.41, 5.74) is 2.07. The number of carbonyl (C=O) groups is 1. The lowest BCUT2D eigenvalue weighted by atomic mass is 10.3. The number of methoxy groups -OCH3 is 2. The van der Waals surface area contributed by atoms with E-state index in [9.17, 15) is 4.79 Å². The number of anilines is 1. The molecule has 1 aromatic carbocycles. The summed E-state index contributed by atoms with van der Waals surface area (Å²) in [5, 5.41) is 5.07. The zero-order valence-electron chi connectivity index (χ0n) is 19.0. The van der Waals surface area contributed by atoms with Crippen LogP contribution < -0.4 is 14.4 Å². The van der Waals surface area contributed by atoms with Crippen molar-refractivity contribution in [1.29, 1.82) is 0 Å². The van der Waals surface area contributed by atoms with Gasteiger partial charge in [0, 0.05) is 32.7 Å². The monoisotopic (exact) mass is 459 g/mol. The first-order valence-electron chi connectivity index (χ1n) is 10.7. The summed E-state index contributed by atoms with van der Waals surface area (Å²) in [5.74, 6) is 1.25. The van der Waals surface area contributed by atoms with Crippen LogP contribution in [-0.4, -0.2) is 79.2 Å². The van der Waals surface area contributed by atoms with Crippen molar-refractivity contribution >= 4 is 32.6 Å². The molecule has 0 aliphatic carbocycles. The lowest BCUT2D eigenvalue weighted by Gasteiger charge is -2.29. The number of rotatable bonds is 8. The molecule has 0 N–H and O–H groups in total. The molecule has 3 heterocycles. The fourth-order valence-corrected chi connectivity index (χ4v) is 4.94. The number of morpholine rings is 1. The van der Waals surface area contributed by atoms with Gasteiger partial charge in [-0.15, -0.1) is 0 Å². The van der Waals surface area contributed by atoms with Crippen molar-refractivity contribution in [2.75, 3.05) is 58.5 Å². The second-order valence-corrected chi connectivity index (χ2v) is 8.52. The van der Waals surface area contributed by atoms with Gasteiger partial charge < -0.3 is 14.2 Å². The minimum absolute atomic E-state index is 0.113. The number of thiazole rings is 1. The maximum Gasteiger partial charge on any atom is 0.278 e. The fourth-order valence-electron chi connectivity index (χ4n) is 3.84. The Hall–Kier alpha value is -2.69. The van der Waals surface area contributed by atoms with Crippen molar-refractivity contribution in [1.82, 2.24) is 19.7 Å². The summed E-state index contributed by atoms with van der Waals surface area (Å²) in [6.07, 6.45) is 0. The third-order valence-electron chi connectivity index (χ3n) is 5.54. The molecule has 1 amide bonds. The van der Waals surface area contributed by atoms with Crippen LogP contribution in [0.15, 0.2) is 18.2 Å². The third-order valence-corrected chi connectivity index (χ3v) is 6.63. The van der Waals surface area contributed by atoms with E-state index in [1.807, 2.05) is 32.0 Å². The number of ether oxygens (including phenoxy) is 3. The molecule has 32 heavy (non-hydrogen) atoms. The molecule has 10 heteroatoms. The Bertz CT molecular complexity index is 1050. The molecule has 0 radical (unpaired) electrons. The summed E-state index contributed by atoms with van der Waals surface area (Å²) in [6, 6.07) is 5.53. The Morgan fingerprint density at radius 1 is 1.22 bits per heavy atom. The molecular formula is C22H29N5O4S. The summed E-state index contributed by atoms with van der Waals surface area (Å²) in [4.78, 5) is 22.6. The smallest absolute Gasteiger partial charge is 0.278 e. The Labute approximate surface area is 191 Å². The first kappa shape index (κ1) is 22.5. The Kier molecular flexibility index (Phi) is 6.92. The average molecular weight is 460 g/mol. The average Bonchev–Trinajstić information content (AvgIpc) is 3.42. The van der Waals surface area contributed by atoms with Gasteiger partial charge in [-0.05, 0) is 32.0 Å². The van der Waals surface area contributed by atoms with E-state index in [4.69, 9.17) is 19.2 Å². The minimum atomic E-state index is -0.113. The van der Waals surface area contributed by atoms with Crippen LogP contribution in [0, 0.1) is 6.92 Å². The molecule has 4 rings (SSSR count). The first-order chi connectivity index (χ1) is 15.5. The van der Waals surface area contributed by atoms with Crippen molar-refractivity contribution in [3.8, 4) is 11.5 Å². The van der Waals surface area contributed by atoms with Gasteiger partial charge in [0.1, 0.15) is 27.4 Å². The van der Waals surface area contributed by atoms with Crippen molar-refractivity contribution < 1.29 is 19.0 Å². The molecule has 0 saturated carbocycles. The van der Waals surface area contributed by atoms with Gasteiger partial charge >= 0.3 is 0 Å². The number of aromatic nitrogens is 3. The maximum atomic E-state index is 13.7. The molecule has 172 valence electrons. The molecule has 0 bridgehead atoms. The number of fused-ring (bicyclic) bond motifs is 1. The number of nitrogens with zero attached hydrogens (tertiary/aromatic N) is 5. The minimum Gasteiger partial charge on any atom is -0.495 e. The van der Waals surface area contributed by atoms with E-state index in [0.29, 0.717) is 54.1 Å². The topological polar surface area (TPSA) is 82.0 Å².